The topological polar surface area (TPSA) is 47.4 Å². The summed E-state index contributed by atoms with van der Waals surface area (Å²) in [5.41, 5.74) is 0.0000468. The van der Waals surface area contributed by atoms with Crippen LogP contribution >= 0.6 is 0 Å². The van der Waals surface area contributed by atoms with Gasteiger partial charge in [-0.1, -0.05) is 0 Å². The Bertz CT molecular complexity index is 757. The van der Waals surface area contributed by atoms with Crippen LogP contribution in [0.25, 0.3) is 10.9 Å². The molecule has 0 bridgehead atoms. The molecular weight excluding hydrogens is 299 g/mol. The highest BCUT2D eigenvalue weighted by Crippen LogP contribution is 2.25. The zero-order valence-electron chi connectivity index (χ0n) is 11.8. The molecule has 0 radical (unpaired) electrons. The molecule has 1 aromatic carbocycles. The second-order valence-electron chi connectivity index (χ2n) is 5.39. The van der Waals surface area contributed by atoms with Crippen molar-refractivity contribution < 1.29 is 17.9 Å². The van der Waals surface area contributed by atoms with Crippen LogP contribution in [0.5, 0.6) is 5.75 Å². The maximum Gasteiger partial charge on any atom is 0.573 e. The second kappa shape index (κ2) is 5.28. The SMILES string of the molecule is CN1CCC(n2cnc3ccc(OC(F)(F)F)cc3c2=O)C1. The number of nitrogens with zero attached hydrogens (tertiary/aromatic N) is 3. The van der Waals surface area contributed by atoms with Gasteiger partial charge in [0.05, 0.1) is 23.3 Å². The van der Waals surface area contributed by atoms with E-state index in [-0.39, 0.29) is 17.0 Å². The minimum absolute atomic E-state index is 0.0124. The lowest BCUT2D eigenvalue weighted by molar-refractivity contribution is -0.274. The Hall–Kier alpha value is -2.09. The molecule has 1 atom stereocenters. The summed E-state index contributed by atoms with van der Waals surface area (Å²) in [5.74, 6) is -0.416. The minimum atomic E-state index is -4.79. The number of hydrogen-bond donors (Lipinski definition) is 0. The standard InChI is InChI=1S/C14H14F3N3O2/c1-19-5-4-9(7-19)20-8-18-12-3-2-10(22-14(15,16)17)6-11(12)13(20)21/h2-3,6,8-9H,4-5,7H2,1H3. The van der Waals surface area contributed by atoms with Gasteiger partial charge >= 0.3 is 6.36 Å². The Labute approximate surface area is 123 Å². The Morgan fingerprint density at radius 1 is 1.36 bits per heavy atom. The van der Waals surface area contributed by atoms with E-state index in [9.17, 15) is 18.0 Å². The van der Waals surface area contributed by atoms with E-state index in [0.29, 0.717) is 12.1 Å². The average molecular weight is 313 g/mol. The third-order valence-corrected chi connectivity index (χ3v) is 3.75. The van der Waals surface area contributed by atoms with Crippen LogP contribution in [0.1, 0.15) is 12.5 Å². The van der Waals surface area contributed by atoms with E-state index >= 15 is 0 Å². The monoisotopic (exact) mass is 313 g/mol. The molecule has 0 aliphatic carbocycles. The van der Waals surface area contributed by atoms with Gasteiger partial charge in [0.1, 0.15) is 5.75 Å². The molecule has 5 nitrogen and oxygen atoms in total. The molecule has 0 spiro atoms. The Morgan fingerprint density at radius 3 is 2.77 bits per heavy atom. The largest absolute Gasteiger partial charge is 0.573 e. The molecule has 1 fully saturated rings. The number of aromatic nitrogens is 2. The molecule has 3 rings (SSSR count). The number of alkyl halides is 3. The molecule has 2 heterocycles. The summed E-state index contributed by atoms with van der Waals surface area (Å²) in [5, 5.41) is 0.124. The highest BCUT2D eigenvalue weighted by atomic mass is 19.4. The number of hydrogen-bond acceptors (Lipinski definition) is 4. The molecule has 1 aromatic heterocycles. The predicted molar refractivity (Wildman–Crippen MR) is 73.8 cm³/mol. The number of rotatable bonds is 2. The second-order valence-corrected chi connectivity index (χ2v) is 5.39. The number of likely N-dealkylation sites (N-methyl/N-ethyl adjacent to an activating group) is 1. The van der Waals surface area contributed by atoms with Crippen molar-refractivity contribution in [2.75, 3.05) is 20.1 Å². The molecule has 1 aliphatic heterocycles. The summed E-state index contributed by atoms with van der Waals surface area (Å²) in [6.45, 7) is 1.58. The van der Waals surface area contributed by atoms with Gasteiger partial charge < -0.3 is 9.64 Å². The van der Waals surface area contributed by atoms with E-state index in [1.54, 1.807) is 0 Å². The van der Waals surface area contributed by atoms with Gasteiger partial charge in [-0.15, -0.1) is 13.2 Å². The Morgan fingerprint density at radius 2 is 2.14 bits per heavy atom. The van der Waals surface area contributed by atoms with Crippen molar-refractivity contribution in [1.29, 1.82) is 0 Å². The summed E-state index contributed by atoms with van der Waals surface area (Å²) in [6.07, 6.45) is -2.52. The summed E-state index contributed by atoms with van der Waals surface area (Å²) in [6, 6.07) is 3.58. The molecule has 1 aliphatic rings. The predicted octanol–water partition coefficient (Wildman–Crippen LogP) is 2.17. The maximum absolute atomic E-state index is 12.5. The van der Waals surface area contributed by atoms with Crippen LogP contribution in [-0.4, -0.2) is 41.0 Å². The summed E-state index contributed by atoms with van der Waals surface area (Å²) >= 11 is 0. The minimum Gasteiger partial charge on any atom is -0.406 e. The highest BCUT2D eigenvalue weighted by Gasteiger charge is 2.31. The van der Waals surface area contributed by atoms with Crippen molar-refractivity contribution in [3.8, 4) is 5.75 Å². The van der Waals surface area contributed by atoms with E-state index < -0.39 is 12.1 Å². The van der Waals surface area contributed by atoms with Gasteiger partial charge in [-0.3, -0.25) is 9.36 Å². The number of ether oxygens (including phenoxy) is 1. The molecule has 2 aromatic rings. The van der Waals surface area contributed by atoms with Crippen molar-refractivity contribution in [3.05, 3.63) is 34.9 Å². The van der Waals surface area contributed by atoms with Gasteiger partial charge in [0.15, 0.2) is 0 Å². The van der Waals surface area contributed by atoms with Crippen LogP contribution in [-0.2, 0) is 0 Å². The normalized spacial score (nSPS) is 19.7. The molecule has 22 heavy (non-hydrogen) atoms. The van der Waals surface area contributed by atoms with Crippen LogP contribution in [0.3, 0.4) is 0 Å². The van der Waals surface area contributed by atoms with E-state index in [2.05, 4.69) is 14.6 Å². The van der Waals surface area contributed by atoms with Crippen molar-refractivity contribution >= 4 is 10.9 Å². The fourth-order valence-corrected chi connectivity index (χ4v) is 2.71. The van der Waals surface area contributed by atoms with Crippen LogP contribution in [0.15, 0.2) is 29.3 Å². The Kier molecular flexibility index (Phi) is 3.56. The molecule has 0 N–H and O–H groups in total. The molecular formula is C14H14F3N3O2. The van der Waals surface area contributed by atoms with Gasteiger partial charge in [0, 0.05) is 6.54 Å². The van der Waals surface area contributed by atoms with Gasteiger partial charge in [-0.25, -0.2) is 4.98 Å². The third kappa shape index (κ3) is 2.92. The van der Waals surface area contributed by atoms with E-state index in [1.807, 2.05) is 7.05 Å². The molecule has 0 saturated carbocycles. The molecule has 1 unspecified atom stereocenters. The lowest BCUT2D eigenvalue weighted by Gasteiger charge is -2.14. The summed E-state index contributed by atoms with van der Waals surface area (Å²) in [7, 11) is 1.95. The van der Waals surface area contributed by atoms with Gasteiger partial charge in [0.25, 0.3) is 5.56 Å². The summed E-state index contributed by atoms with van der Waals surface area (Å²) < 4.78 is 42.2. The van der Waals surface area contributed by atoms with Crippen molar-refractivity contribution in [2.24, 2.45) is 0 Å². The summed E-state index contributed by atoms with van der Waals surface area (Å²) in [4.78, 5) is 18.8. The number of benzene rings is 1. The fourth-order valence-electron chi connectivity index (χ4n) is 2.71. The average Bonchev–Trinajstić information content (AvgIpc) is 2.84. The maximum atomic E-state index is 12.5. The van der Waals surface area contributed by atoms with Crippen LogP contribution in [0.4, 0.5) is 13.2 Å². The van der Waals surface area contributed by atoms with Crippen molar-refractivity contribution in [1.82, 2.24) is 14.5 Å². The zero-order chi connectivity index (χ0) is 15.9. The Balaban J connectivity index is 2.03. The highest BCUT2D eigenvalue weighted by molar-refractivity contribution is 5.78. The fraction of sp³-hybridized carbons (Fsp3) is 0.429. The third-order valence-electron chi connectivity index (χ3n) is 3.75. The number of halogens is 3. The first-order valence-corrected chi connectivity index (χ1v) is 6.79. The van der Waals surface area contributed by atoms with E-state index in [0.717, 1.165) is 25.1 Å². The van der Waals surface area contributed by atoms with Gasteiger partial charge in [-0.2, -0.15) is 0 Å². The first-order chi connectivity index (χ1) is 10.3. The zero-order valence-corrected chi connectivity index (χ0v) is 11.8. The first kappa shape index (κ1) is 14.8. The van der Waals surface area contributed by atoms with Crippen LogP contribution in [0.2, 0.25) is 0 Å². The molecule has 8 heteroatoms. The first-order valence-electron chi connectivity index (χ1n) is 6.79. The lowest BCUT2D eigenvalue weighted by Crippen LogP contribution is -2.27. The molecule has 118 valence electrons. The van der Waals surface area contributed by atoms with Crippen molar-refractivity contribution in [3.63, 3.8) is 0 Å². The molecule has 1 saturated heterocycles. The van der Waals surface area contributed by atoms with Gasteiger partial charge in [0.2, 0.25) is 0 Å². The lowest BCUT2D eigenvalue weighted by atomic mass is 10.2. The number of fused-ring (bicyclic) bond motifs is 1. The smallest absolute Gasteiger partial charge is 0.406 e. The van der Waals surface area contributed by atoms with Crippen LogP contribution < -0.4 is 10.3 Å². The number of likely N-dealkylation sites (tertiary alicyclic amines) is 1. The van der Waals surface area contributed by atoms with E-state index in [4.69, 9.17) is 0 Å². The van der Waals surface area contributed by atoms with Gasteiger partial charge in [-0.05, 0) is 38.2 Å². The quantitative estimate of drug-likeness (QED) is 0.852. The van der Waals surface area contributed by atoms with E-state index in [1.165, 1.54) is 17.0 Å². The van der Waals surface area contributed by atoms with Crippen molar-refractivity contribution in [2.45, 2.75) is 18.8 Å². The van der Waals surface area contributed by atoms with Crippen LogP contribution in [0, 0.1) is 0 Å². The molecule has 0 amide bonds.